The number of thiocarbonyl (C=S) groups is 1. The van der Waals surface area contributed by atoms with Crippen molar-refractivity contribution in [3.05, 3.63) is 56.5 Å². The van der Waals surface area contributed by atoms with Crippen LogP contribution < -0.4 is 9.47 Å². The van der Waals surface area contributed by atoms with Gasteiger partial charge in [0.15, 0.2) is 11.5 Å². The summed E-state index contributed by atoms with van der Waals surface area (Å²) in [5.41, 5.74) is 2.08. The molecule has 0 saturated carbocycles. The van der Waals surface area contributed by atoms with Gasteiger partial charge in [0.25, 0.3) is 0 Å². The van der Waals surface area contributed by atoms with Crippen molar-refractivity contribution in [2.45, 2.75) is 25.9 Å². The third-order valence-corrected chi connectivity index (χ3v) is 6.10. The number of nitrogens with zero attached hydrogens (tertiary/aromatic N) is 1. The van der Waals surface area contributed by atoms with E-state index in [1.165, 1.54) is 19.3 Å². The molecule has 1 aliphatic rings. The predicted octanol–water partition coefficient (Wildman–Crippen LogP) is 5.96. The van der Waals surface area contributed by atoms with E-state index in [4.69, 9.17) is 21.7 Å². The lowest BCUT2D eigenvalue weighted by Crippen LogP contribution is -2.35. The van der Waals surface area contributed by atoms with E-state index in [1.54, 1.807) is 7.11 Å². The van der Waals surface area contributed by atoms with Crippen LogP contribution in [0.3, 0.4) is 0 Å². The largest absolute Gasteiger partial charge is 0.493 e. The fraction of sp³-hybridized carbons (Fsp3) is 0.350. The summed E-state index contributed by atoms with van der Waals surface area (Å²) in [4.78, 5) is 3.15. The highest BCUT2D eigenvalue weighted by molar-refractivity contribution is 9.10. The Balaban J connectivity index is 1.77. The van der Waals surface area contributed by atoms with Crippen LogP contribution in [-0.4, -0.2) is 30.1 Å². The smallest absolute Gasteiger partial charge is 0.162 e. The lowest BCUT2D eigenvalue weighted by Gasteiger charge is -2.29. The van der Waals surface area contributed by atoms with Gasteiger partial charge in [-0.05, 0) is 65.0 Å². The van der Waals surface area contributed by atoms with Gasteiger partial charge in [-0.3, -0.25) is 0 Å². The van der Waals surface area contributed by atoms with Gasteiger partial charge in [-0.2, -0.15) is 0 Å². The molecule has 0 radical (unpaired) electrons. The minimum absolute atomic E-state index is 0.478. The molecule has 1 heterocycles. The maximum Gasteiger partial charge on any atom is 0.162 e. The van der Waals surface area contributed by atoms with Crippen molar-refractivity contribution in [2.75, 3.05) is 20.2 Å². The fourth-order valence-electron chi connectivity index (χ4n) is 2.98. The monoisotopic (exact) mass is 497 g/mol. The number of hydrogen-bond acceptors (Lipinski definition) is 3. The first kappa shape index (κ1) is 19.6. The maximum absolute atomic E-state index is 5.99. The van der Waals surface area contributed by atoms with Gasteiger partial charge in [0.05, 0.1) is 7.11 Å². The molecule has 0 atom stereocenters. The number of ether oxygens (including phenoxy) is 2. The standard InChI is InChI=1S/C20H21Br2NO2S/c1-24-18-11-16(20(26)23-9-3-2-4-10-23)17(22)12-19(18)25-13-14-5-7-15(21)8-6-14/h5-8,11-12H,2-4,9-10,13H2,1H3. The molecule has 0 spiro atoms. The van der Waals surface area contributed by atoms with E-state index >= 15 is 0 Å². The topological polar surface area (TPSA) is 21.7 Å². The van der Waals surface area contributed by atoms with Crippen molar-refractivity contribution >= 4 is 49.1 Å². The Kier molecular flexibility index (Phi) is 6.95. The zero-order chi connectivity index (χ0) is 18.5. The molecule has 1 saturated heterocycles. The van der Waals surface area contributed by atoms with Crippen LogP contribution in [0, 0.1) is 0 Å². The Bertz CT molecular complexity index is 774. The molecule has 3 rings (SSSR count). The van der Waals surface area contributed by atoms with Gasteiger partial charge >= 0.3 is 0 Å². The molecule has 0 aromatic heterocycles. The van der Waals surface area contributed by atoms with Crippen LogP contribution in [0.25, 0.3) is 0 Å². The molecule has 2 aromatic rings. The van der Waals surface area contributed by atoms with Gasteiger partial charge in [0, 0.05) is 27.6 Å². The van der Waals surface area contributed by atoms with E-state index < -0.39 is 0 Å². The predicted molar refractivity (Wildman–Crippen MR) is 116 cm³/mol. The molecule has 2 aromatic carbocycles. The van der Waals surface area contributed by atoms with Crippen LogP contribution in [0.15, 0.2) is 45.3 Å². The Hall–Kier alpha value is -1.11. The normalized spacial score (nSPS) is 14.2. The summed E-state index contributed by atoms with van der Waals surface area (Å²) >= 11 is 12.8. The van der Waals surface area contributed by atoms with Crippen LogP contribution >= 0.6 is 44.1 Å². The molecule has 1 aliphatic heterocycles. The molecule has 0 unspecified atom stereocenters. The van der Waals surface area contributed by atoms with Gasteiger partial charge in [0.2, 0.25) is 0 Å². The number of benzene rings is 2. The van der Waals surface area contributed by atoms with Crippen molar-refractivity contribution in [1.82, 2.24) is 4.90 Å². The Labute approximate surface area is 176 Å². The molecule has 0 N–H and O–H groups in total. The first-order valence-corrected chi connectivity index (χ1v) is 10.6. The van der Waals surface area contributed by atoms with Gasteiger partial charge < -0.3 is 14.4 Å². The van der Waals surface area contributed by atoms with E-state index in [1.807, 2.05) is 36.4 Å². The molecule has 0 aliphatic carbocycles. The third kappa shape index (κ3) is 4.78. The fourth-order valence-corrected chi connectivity index (χ4v) is 4.24. The second-order valence-corrected chi connectivity index (χ2v) is 8.41. The molecule has 0 bridgehead atoms. The van der Waals surface area contributed by atoms with E-state index in [0.717, 1.165) is 38.2 Å². The highest BCUT2D eigenvalue weighted by atomic mass is 79.9. The maximum atomic E-state index is 5.99. The van der Waals surface area contributed by atoms with Crippen LogP contribution in [0.2, 0.25) is 0 Å². The third-order valence-electron chi connectivity index (χ3n) is 4.43. The zero-order valence-corrected chi connectivity index (χ0v) is 18.6. The number of piperidine rings is 1. The van der Waals surface area contributed by atoms with E-state index in [-0.39, 0.29) is 0 Å². The summed E-state index contributed by atoms with van der Waals surface area (Å²) in [7, 11) is 1.66. The lowest BCUT2D eigenvalue weighted by atomic mass is 10.1. The molecule has 138 valence electrons. The van der Waals surface area contributed by atoms with Gasteiger partial charge in [-0.15, -0.1) is 0 Å². The minimum Gasteiger partial charge on any atom is -0.493 e. The lowest BCUT2D eigenvalue weighted by molar-refractivity contribution is 0.284. The average molecular weight is 499 g/mol. The van der Waals surface area contributed by atoms with Crippen LogP contribution in [-0.2, 0) is 6.61 Å². The van der Waals surface area contributed by atoms with E-state index in [2.05, 4.69) is 36.8 Å². The highest BCUT2D eigenvalue weighted by Crippen LogP contribution is 2.35. The zero-order valence-electron chi connectivity index (χ0n) is 14.6. The van der Waals surface area contributed by atoms with Crippen LogP contribution in [0.5, 0.6) is 11.5 Å². The Morgan fingerprint density at radius 3 is 2.38 bits per heavy atom. The van der Waals surface area contributed by atoms with Gasteiger partial charge in [-0.1, -0.05) is 40.3 Å². The summed E-state index contributed by atoms with van der Waals surface area (Å²) in [6.07, 6.45) is 3.68. The summed E-state index contributed by atoms with van der Waals surface area (Å²) in [6, 6.07) is 12.0. The van der Waals surface area contributed by atoms with Crippen molar-refractivity contribution in [3.63, 3.8) is 0 Å². The SMILES string of the molecule is COc1cc(C(=S)N2CCCCC2)c(Br)cc1OCc1ccc(Br)cc1. The van der Waals surface area contributed by atoms with E-state index in [0.29, 0.717) is 18.1 Å². The average Bonchev–Trinajstić information content (AvgIpc) is 2.68. The highest BCUT2D eigenvalue weighted by Gasteiger charge is 2.19. The number of halogens is 2. The van der Waals surface area contributed by atoms with Gasteiger partial charge in [-0.25, -0.2) is 0 Å². The first-order valence-electron chi connectivity index (χ1n) is 8.62. The number of likely N-dealkylation sites (tertiary alicyclic amines) is 1. The summed E-state index contributed by atoms with van der Waals surface area (Å²) < 4.78 is 13.5. The molecular formula is C20H21Br2NO2S. The van der Waals surface area contributed by atoms with Crippen molar-refractivity contribution in [1.29, 1.82) is 0 Å². The second kappa shape index (κ2) is 9.20. The van der Waals surface area contributed by atoms with Crippen molar-refractivity contribution < 1.29 is 9.47 Å². The van der Waals surface area contributed by atoms with Crippen molar-refractivity contribution in [3.8, 4) is 11.5 Å². The molecule has 0 amide bonds. The molecule has 6 heteroatoms. The van der Waals surface area contributed by atoms with Crippen LogP contribution in [0.1, 0.15) is 30.4 Å². The quantitative estimate of drug-likeness (QED) is 0.474. The van der Waals surface area contributed by atoms with E-state index in [9.17, 15) is 0 Å². The Morgan fingerprint density at radius 1 is 1.04 bits per heavy atom. The molecule has 26 heavy (non-hydrogen) atoms. The number of methoxy groups -OCH3 is 1. The summed E-state index contributed by atoms with van der Waals surface area (Å²) in [6.45, 7) is 2.52. The molecule has 1 fully saturated rings. The Morgan fingerprint density at radius 2 is 1.73 bits per heavy atom. The molecular weight excluding hydrogens is 478 g/mol. The number of hydrogen-bond donors (Lipinski definition) is 0. The van der Waals surface area contributed by atoms with Gasteiger partial charge in [0.1, 0.15) is 11.6 Å². The van der Waals surface area contributed by atoms with Crippen molar-refractivity contribution in [2.24, 2.45) is 0 Å². The number of rotatable bonds is 5. The van der Waals surface area contributed by atoms with Crippen LogP contribution in [0.4, 0.5) is 0 Å². The molecule has 3 nitrogen and oxygen atoms in total. The summed E-state index contributed by atoms with van der Waals surface area (Å²) in [5.74, 6) is 1.40. The second-order valence-electron chi connectivity index (χ2n) is 6.25. The minimum atomic E-state index is 0.478. The summed E-state index contributed by atoms with van der Waals surface area (Å²) in [5, 5.41) is 0. The first-order chi connectivity index (χ1) is 12.6.